The van der Waals surface area contributed by atoms with Gasteiger partial charge in [0.2, 0.25) is 0 Å². The van der Waals surface area contributed by atoms with Crippen LogP contribution in [0.1, 0.15) is 37.9 Å². The Labute approximate surface area is 228 Å². The number of ether oxygens (including phenoxy) is 3. The van der Waals surface area contributed by atoms with E-state index < -0.39 is 17.9 Å². The van der Waals surface area contributed by atoms with Crippen LogP contribution in [0.5, 0.6) is 11.5 Å². The lowest BCUT2D eigenvalue weighted by Gasteiger charge is -2.30. The van der Waals surface area contributed by atoms with Gasteiger partial charge in [-0.15, -0.1) is 0 Å². The van der Waals surface area contributed by atoms with Gasteiger partial charge in [0.1, 0.15) is 11.5 Å². The molecule has 11 heteroatoms. The van der Waals surface area contributed by atoms with Crippen LogP contribution in [-0.2, 0) is 14.3 Å². The summed E-state index contributed by atoms with van der Waals surface area (Å²) in [4.78, 5) is 25.0. The number of hydrogen-bond donors (Lipinski definition) is 3. The Kier molecular flexibility index (Phi) is 10.1. The van der Waals surface area contributed by atoms with E-state index in [0.717, 1.165) is 14.9 Å². The molecule has 9 nitrogen and oxygen atoms in total. The van der Waals surface area contributed by atoms with Gasteiger partial charge < -0.3 is 24.8 Å². The van der Waals surface area contributed by atoms with E-state index in [1.165, 1.54) is 0 Å². The number of allylic oxidation sites excluding steroid dienone is 1. The molecule has 1 heterocycles. The van der Waals surface area contributed by atoms with Crippen LogP contribution in [0.3, 0.4) is 0 Å². The molecule has 0 aromatic heterocycles. The highest BCUT2D eigenvalue weighted by Gasteiger charge is 2.32. The third-order valence-electron chi connectivity index (χ3n) is 5.01. The molecular formula is C25H27IN4O5S. The highest BCUT2D eigenvalue weighted by molar-refractivity contribution is 14.1. The van der Waals surface area contributed by atoms with E-state index in [4.69, 9.17) is 26.4 Å². The summed E-state index contributed by atoms with van der Waals surface area (Å²) in [6.45, 7) is 5.97. The molecule has 0 radical (unpaired) electrons. The molecule has 0 fully saturated rings. The van der Waals surface area contributed by atoms with Crippen molar-refractivity contribution in [1.29, 1.82) is 0 Å². The lowest BCUT2D eigenvalue weighted by Crippen LogP contribution is -2.45. The molecule has 190 valence electrons. The van der Waals surface area contributed by atoms with Gasteiger partial charge in [-0.3, -0.25) is 4.79 Å². The number of rotatable bonds is 10. The van der Waals surface area contributed by atoms with Gasteiger partial charge in [0, 0.05) is 11.3 Å². The molecule has 3 rings (SSSR count). The number of hydrazone groups is 1. The number of nitrogens with zero attached hydrogens (tertiary/aromatic N) is 1. The minimum Gasteiger partial charge on any atom is -0.493 e. The molecular weight excluding hydrogens is 595 g/mol. The third-order valence-corrected chi connectivity index (χ3v) is 6.07. The van der Waals surface area contributed by atoms with Crippen LogP contribution >= 0.6 is 34.8 Å². The van der Waals surface area contributed by atoms with Gasteiger partial charge in [-0.1, -0.05) is 18.2 Å². The van der Waals surface area contributed by atoms with E-state index in [2.05, 4.69) is 43.8 Å². The Morgan fingerprint density at radius 1 is 1.14 bits per heavy atom. The second-order valence-electron chi connectivity index (χ2n) is 7.53. The lowest BCUT2D eigenvalue weighted by molar-refractivity contribution is -0.139. The zero-order valence-corrected chi connectivity index (χ0v) is 23.1. The Hall–Kier alpha value is -3.19. The summed E-state index contributed by atoms with van der Waals surface area (Å²) in [6.07, 6.45) is 1.54. The van der Waals surface area contributed by atoms with Crippen molar-refractivity contribution in [3.05, 3.63) is 68.4 Å². The molecule has 2 aromatic carbocycles. The number of para-hydroxylation sites is 1. The maximum Gasteiger partial charge on any atom is 0.338 e. The second-order valence-corrected chi connectivity index (χ2v) is 9.10. The molecule has 36 heavy (non-hydrogen) atoms. The number of thiocarbonyl (C=S) groups is 1. The highest BCUT2D eigenvalue weighted by Crippen LogP contribution is 2.33. The van der Waals surface area contributed by atoms with Crippen LogP contribution in [0.2, 0.25) is 0 Å². The molecule has 0 saturated heterocycles. The van der Waals surface area contributed by atoms with E-state index in [0.29, 0.717) is 34.3 Å². The Morgan fingerprint density at radius 2 is 1.92 bits per heavy atom. The van der Waals surface area contributed by atoms with Crippen molar-refractivity contribution < 1.29 is 23.8 Å². The number of carbonyl (C=O) groups is 2. The summed E-state index contributed by atoms with van der Waals surface area (Å²) in [5, 5.41) is 10.4. The second kappa shape index (κ2) is 13.2. The minimum atomic E-state index is -0.600. The maximum atomic E-state index is 12.7. The molecule has 0 aliphatic carbocycles. The van der Waals surface area contributed by atoms with Crippen LogP contribution in [-0.4, -0.2) is 43.0 Å². The van der Waals surface area contributed by atoms with Crippen molar-refractivity contribution >= 4 is 58.0 Å². The van der Waals surface area contributed by atoms with Gasteiger partial charge in [-0.05, 0) is 85.4 Å². The average molecular weight is 622 g/mol. The molecule has 1 atom stereocenters. The Morgan fingerprint density at radius 3 is 2.64 bits per heavy atom. The topological polar surface area (TPSA) is 110 Å². The number of halogens is 1. The van der Waals surface area contributed by atoms with E-state index in [9.17, 15) is 9.59 Å². The van der Waals surface area contributed by atoms with Crippen LogP contribution in [0.15, 0.2) is 58.8 Å². The average Bonchev–Trinajstić information content (AvgIpc) is 2.84. The smallest absolute Gasteiger partial charge is 0.338 e. The van der Waals surface area contributed by atoms with Crippen LogP contribution in [0.25, 0.3) is 0 Å². The number of benzene rings is 2. The van der Waals surface area contributed by atoms with E-state index in [1.807, 2.05) is 31.2 Å². The van der Waals surface area contributed by atoms with Crippen molar-refractivity contribution in [1.82, 2.24) is 16.1 Å². The van der Waals surface area contributed by atoms with Crippen LogP contribution in [0.4, 0.5) is 0 Å². The molecule has 3 N–H and O–H groups in total. The molecule has 0 unspecified atom stereocenters. The molecule has 2 aromatic rings. The first kappa shape index (κ1) is 27.4. The predicted molar refractivity (Wildman–Crippen MR) is 149 cm³/mol. The summed E-state index contributed by atoms with van der Waals surface area (Å²) >= 11 is 7.48. The normalized spacial score (nSPS) is 15.2. The lowest BCUT2D eigenvalue weighted by atomic mass is 9.95. The van der Waals surface area contributed by atoms with Gasteiger partial charge in [0.05, 0.1) is 34.6 Å². The van der Waals surface area contributed by atoms with E-state index >= 15 is 0 Å². The number of hydrogen-bond acceptors (Lipinski definition) is 7. The van der Waals surface area contributed by atoms with Gasteiger partial charge in [-0.2, -0.15) is 5.10 Å². The SMILES string of the molecule is CCOC(=O)C1=C(C)NC(=S)N[C@H]1c1ccccc1OCC(=O)NN=Cc1ccc(OCC)c(I)c1. The summed E-state index contributed by atoms with van der Waals surface area (Å²) < 4.78 is 17.5. The van der Waals surface area contributed by atoms with Crippen molar-refractivity contribution in [2.24, 2.45) is 5.10 Å². The zero-order valence-electron chi connectivity index (χ0n) is 20.1. The maximum absolute atomic E-state index is 12.7. The summed E-state index contributed by atoms with van der Waals surface area (Å²) in [5.41, 5.74) is 4.90. The summed E-state index contributed by atoms with van der Waals surface area (Å²) in [6, 6.07) is 12.1. The molecule has 1 aliphatic heterocycles. The fourth-order valence-electron chi connectivity index (χ4n) is 3.48. The number of nitrogens with one attached hydrogen (secondary N) is 3. The zero-order chi connectivity index (χ0) is 26.1. The largest absolute Gasteiger partial charge is 0.493 e. The van der Waals surface area contributed by atoms with Crippen molar-refractivity contribution in [3.8, 4) is 11.5 Å². The monoisotopic (exact) mass is 622 g/mol. The first-order valence-electron chi connectivity index (χ1n) is 11.2. The van der Waals surface area contributed by atoms with Crippen LogP contribution in [0, 0.1) is 3.57 Å². The first-order chi connectivity index (χ1) is 17.3. The number of carbonyl (C=O) groups excluding carboxylic acids is 2. The van der Waals surface area contributed by atoms with Crippen molar-refractivity contribution in [2.75, 3.05) is 19.8 Å². The molecule has 0 saturated carbocycles. The first-order valence-corrected chi connectivity index (χ1v) is 12.7. The third kappa shape index (κ3) is 7.17. The minimum absolute atomic E-state index is 0.238. The molecule has 1 aliphatic rings. The quantitative estimate of drug-likeness (QED) is 0.121. The predicted octanol–water partition coefficient (Wildman–Crippen LogP) is 3.57. The number of esters is 1. The van der Waals surface area contributed by atoms with E-state index in [-0.39, 0.29) is 13.2 Å². The summed E-state index contributed by atoms with van der Waals surface area (Å²) in [5.74, 6) is 0.321. The standard InChI is InChI=1S/C25H27IN4O5S/c1-4-33-20-11-10-16(12-18(20)26)13-27-30-21(31)14-35-19-9-7-6-8-17(19)23-22(24(32)34-5-2)15(3)28-25(36)29-23/h6-13,23H,4-5,14H2,1-3H3,(H,30,31)(H2,28,29,36)/t23-/m0/s1. The summed E-state index contributed by atoms with van der Waals surface area (Å²) in [7, 11) is 0. The van der Waals surface area contributed by atoms with E-state index in [1.54, 1.807) is 38.3 Å². The highest BCUT2D eigenvalue weighted by atomic mass is 127. The van der Waals surface area contributed by atoms with Gasteiger partial charge >= 0.3 is 5.97 Å². The number of amides is 1. The fourth-order valence-corrected chi connectivity index (χ4v) is 4.45. The van der Waals surface area contributed by atoms with Gasteiger partial charge in [-0.25, -0.2) is 10.2 Å². The van der Waals surface area contributed by atoms with Gasteiger partial charge in [0.25, 0.3) is 5.91 Å². The fraction of sp³-hybridized carbons (Fsp3) is 0.280. The van der Waals surface area contributed by atoms with Gasteiger partial charge in [0.15, 0.2) is 11.7 Å². The van der Waals surface area contributed by atoms with Crippen molar-refractivity contribution in [3.63, 3.8) is 0 Å². The Balaban J connectivity index is 1.68. The molecule has 0 spiro atoms. The van der Waals surface area contributed by atoms with Crippen LogP contribution < -0.4 is 25.5 Å². The molecule has 1 amide bonds. The Bertz CT molecular complexity index is 1200. The molecule has 0 bridgehead atoms. The van der Waals surface area contributed by atoms with Crippen molar-refractivity contribution in [2.45, 2.75) is 26.8 Å².